The number of rotatable bonds is 14. The predicted molar refractivity (Wildman–Crippen MR) is 118 cm³/mol. The van der Waals surface area contributed by atoms with Gasteiger partial charge in [-0.15, -0.1) is 5.11 Å². The predicted octanol–water partition coefficient (Wildman–Crippen LogP) is 6.18. The molecule has 0 heterocycles. The first-order valence-electron chi connectivity index (χ1n) is 10.5. The fourth-order valence-electron chi connectivity index (χ4n) is 5.63. The molecule has 0 aromatic heterocycles. The molecule has 0 fully saturated rings. The molecule has 0 N–H and O–H groups in total. The van der Waals surface area contributed by atoms with Crippen LogP contribution in [0.5, 0.6) is 0 Å². The van der Waals surface area contributed by atoms with Gasteiger partial charge >= 0.3 is 0 Å². The zero-order valence-electron chi connectivity index (χ0n) is 17.5. The lowest BCUT2D eigenvalue weighted by Crippen LogP contribution is -2.56. The molecular formula is C18H40B5. The van der Waals surface area contributed by atoms with E-state index in [4.69, 9.17) is 0 Å². The molecule has 0 aliphatic carbocycles. The quantitative estimate of drug-likeness (QED) is 0.336. The number of hydrogen-bond acceptors (Lipinski definition) is 0. The van der Waals surface area contributed by atoms with Crippen molar-refractivity contribution >= 4 is 35.3 Å². The van der Waals surface area contributed by atoms with Gasteiger partial charge in [-0.05, 0) is 0 Å². The van der Waals surface area contributed by atoms with Gasteiger partial charge in [0.15, 0.2) is 0 Å². The van der Waals surface area contributed by atoms with Crippen LogP contribution in [0, 0.1) is 0 Å². The van der Waals surface area contributed by atoms with Crippen molar-refractivity contribution in [3.8, 4) is 0 Å². The van der Waals surface area contributed by atoms with E-state index in [1.807, 2.05) is 0 Å². The molecule has 0 aliphatic heterocycles. The first-order chi connectivity index (χ1) is 11.0. The first-order valence-corrected chi connectivity index (χ1v) is 10.5. The molecule has 1 unspecified atom stereocenters. The molecule has 5 heteroatoms. The summed E-state index contributed by atoms with van der Waals surface area (Å²) in [6.07, 6.45) is 9.95. The Bertz CT molecular complexity index is 287. The highest BCUT2D eigenvalue weighted by Gasteiger charge is 2.52. The van der Waals surface area contributed by atoms with Crippen molar-refractivity contribution in [1.29, 1.82) is 0 Å². The summed E-state index contributed by atoms with van der Waals surface area (Å²) in [5.41, 5.74) is 0. The van der Waals surface area contributed by atoms with Gasteiger partial charge in [-0.2, -0.15) is 0 Å². The van der Waals surface area contributed by atoms with E-state index in [0.29, 0.717) is 10.2 Å². The maximum Gasteiger partial charge on any atom is 0.130 e. The van der Waals surface area contributed by atoms with Gasteiger partial charge in [0.25, 0.3) is 0 Å². The van der Waals surface area contributed by atoms with Gasteiger partial charge in [0, 0.05) is 0 Å². The molecular weight excluding hydrogens is 270 g/mol. The van der Waals surface area contributed by atoms with E-state index in [1.165, 1.54) is 50.8 Å². The van der Waals surface area contributed by atoms with Crippen LogP contribution < -0.4 is 0 Å². The van der Waals surface area contributed by atoms with Crippen LogP contribution in [0.15, 0.2) is 0 Å². The molecule has 0 aromatic rings. The molecule has 1 atom stereocenters. The second-order valence-electron chi connectivity index (χ2n) is 7.24. The fraction of sp³-hybridized carbons (Fsp3) is 1.00. The molecule has 127 valence electrons. The average molecular weight is 311 g/mol. The Kier molecular flexibility index (Phi) is 12.0. The summed E-state index contributed by atoms with van der Waals surface area (Å²) in [6, 6.07) is 0. The van der Waals surface area contributed by atoms with Gasteiger partial charge in [-0.1, -0.05) is 111 Å². The third-order valence-corrected chi connectivity index (χ3v) is 6.43. The van der Waals surface area contributed by atoms with Crippen molar-refractivity contribution in [3.05, 3.63) is 0 Å². The van der Waals surface area contributed by atoms with Crippen LogP contribution in [0.1, 0.15) is 68.2 Å². The monoisotopic (exact) mass is 311 g/mol. The van der Waals surface area contributed by atoms with E-state index < -0.39 is 0 Å². The molecule has 0 rings (SSSR count). The SMILES string of the molecule is CC[B]C([B]CC)(CC)B(CC)C([B]CC)(CC)B(CC)CC. The second kappa shape index (κ2) is 11.8. The Morgan fingerprint density at radius 1 is 0.609 bits per heavy atom. The largest absolute Gasteiger partial charge is 0.130 e. The molecule has 0 saturated carbocycles. The van der Waals surface area contributed by atoms with Gasteiger partial charge in [0.1, 0.15) is 13.4 Å². The highest BCUT2D eigenvalue weighted by atomic mass is 14.2. The van der Waals surface area contributed by atoms with Crippen LogP contribution in [0.4, 0.5) is 0 Å². The molecule has 0 saturated heterocycles. The highest BCUT2D eigenvalue weighted by molar-refractivity contribution is 7.02. The van der Waals surface area contributed by atoms with Gasteiger partial charge < -0.3 is 0 Å². The van der Waals surface area contributed by atoms with Crippen LogP contribution >= 0.6 is 0 Å². The van der Waals surface area contributed by atoms with Crippen molar-refractivity contribution < 1.29 is 0 Å². The van der Waals surface area contributed by atoms with Crippen molar-refractivity contribution in [2.45, 2.75) is 116 Å². The molecule has 0 nitrogen and oxygen atoms in total. The number of hydrogen-bond donors (Lipinski definition) is 0. The van der Waals surface area contributed by atoms with Crippen LogP contribution in [0.3, 0.4) is 0 Å². The van der Waals surface area contributed by atoms with Crippen LogP contribution in [-0.2, 0) is 0 Å². The zero-order valence-corrected chi connectivity index (χ0v) is 17.5. The van der Waals surface area contributed by atoms with E-state index in [-0.39, 0.29) is 0 Å². The smallest absolute Gasteiger partial charge is 0.105 e. The lowest BCUT2D eigenvalue weighted by atomic mass is 8.92. The first kappa shape index (κ1) is 23.3. The van der Waals surface area contributed by atoms with Crippen LogP contribution in [0.25, 0.3) is 0 Å². The molecule has 23 heavy (non-hydrogen) atoms. The van der Waals surface area contributed by atoms with E-state index in [9.17, 15) is 0 Å². The Morgan fingerprint density at radius 3 is 1.35 bits per heavy atom. The standard InChI is InChI=1S/C18H40B5/c1-9-17(19-11-3,20-12-4)23(16-8)18(10-2,21-13-5)22(14-6)15-7/h9-16H2,1-8H3. The molecule has 0 bridgehead atoms. The van der Waals surface area contributed by atoms with Crippen molar-refractivity contribution in [1.82, 2.24) is 0 Å². The minimum Gasteiger partial charge on any atom is -0.105 e. The molecule has 0 spiro atoms. The highest BCUT2D eigenvalue weighted by Crippen LogP contribution is 2.52. The molecule has 3 radical (unpaired) electrons. The lowest BCUT2D eigenvalue weighted by Gasteiger charge is -2.52. The van der Waals surface area contributed by atoms with Gasteiger partial charge in [0.2, 0.25) is 0 Å². The van der Waals surface area contributed by atoms with E-state index in [1.54, 1.807) is 0 Å². The van der Waals surface area contributed by atoms with Crippen LogP contribution in [-0.4, -0.2) is 35.3 Å². The lowest BCUT2D eigenvalue weighted by molar-refractivity contribution is 0.806. The fourth-order valence-corrected chi connectivity index (χ4v) is 5.63. The summed E-state index contributed by atoms with van der Waals surface area (Å²) < 4.78 is 0. The van der Waals surface area contributed by atoms with Gasteiger partial charge in [-0.3, -0.25) is 0 Å². The Labute approximate surface area is 152 Å². The summed E-state index contributed by atoms with van der Waals surface area (Å²) >= 11 is 0. The summed E-state index contributed by atoms with van der Waals surface area (Å²) in [7, 11) is 7.98. The Balaban J connectivity index is 6.07. The summed E-state index contributed by atoms with van der Waals surface area (Å²) in [4.78, 5) is 0. The summed E-state index contributed by atoms with van der Waals surface area (Å²) in [5, 5.41) is 0.670. The molecule has 0 aromatic carbocycles. The minimum atomic E-state index is 0.294. The van der Waals surface area contributed by atoms with Gasteiger partial charge in [0.05, 0.1) is 21.8 Å². The third-order valence-electron chi connectivity index (χ3n) is 6.43. The van der Waals surface area contributed by atoms with Crippen molar-refractivity contribution in [3.63, 3.8) is 0 Å². The van der Waals surface area contributed by atoms with Crippen molar-refractivity contribution in [2.24, 2.45) is 0 Å². The Hall–Kier alpha value is 0.325. The van der Waals surface area contributed by atoms with Crippen LogP contribution in [0.2, 0.25) is 48.1 Å². The molecule has 0 aliphatic rings. The average Bonchev–Trinajstić information content (AvgIpc) is 2.56. The minimum absolute atomic E-state index is 0.294. The second-order valence-corrected chi connectivity index (χ2v) is 7.24. The Morgan fingerprint density at radius 2 is 1.09 bits per heavy atom. The van der Waals surface area contributed by atoms with Gasteiger partial charge in [-0.25, -0.2) is 0 Å². The van der Waals surface area contributed by atoms with E-state index >= 15 is 0 Å². The molecule has 0 amide bonds. The topological polar surface area (TPSA) is 0 Å². The maximum absolute atomic E-state index is 2.70. The van der Waals surface area contributed by atoms with E-state index in [2.05, 4.69) is 77.2 Å². The summed E-state index contributed by atoms with van der Waals surface area (Å²) in [6.45, 7) is 20.6. The third kappa shape index (κ3) is 5.15. The van der Waals surface area contributed by atoms with Crippen molar-refractivity contribution in [2.75, 3.05) is 0 Å². The maximum atomic E-state index is 2.70. The normalized spacial score (nSPS) is 14.1. The summed E-state index contributed by atoms with van der Waals surface area (Å²) in [5.74, 6) is 0. The zero-order chi connectivity index (χ0) is 17.9. The van der Waals surface area contributed by atoms with E-state index in [0.717, 1.165) is 13.4 Å².